The van der Waals surface area contributed by atoms with Crippen LogP contribution in [0, 0.1) is 13.8 Å². The van der Waals surface area contributed by atoms with E-state index in [0.29, 0.717) is 5.38 Å². The van der Waals surface area contributed by atoms with Crippen LogP contribution in [0.15, 0.2) is 18.2 Å². The Kier molecular flexibility index (Phi) is 4.28. The topological polar surface area (TPSA) is 29.1 Å². The fourth-order valence-corrected chi connectivity index (χ4v) is 2.60. The zero-order chi connectivity index (χ0) is 13.1. The van der Waals surface area contributed by atoms with Crippen LogP contribution in [0.4, 0.5) is 0 Å². The second kappa shape index (κ2) is 5.75. The van der Waals surface area contributed by atoms with Gasteiger partial charge >= 0.3 is 0 Å². The van der Waals surface area contributed by atoms with Crippen LogP contribution >= 0.6 is 11.6 Å². The number of nitrogens with one attached hydrogen (secondary N) is 1. The summed E-state index contributed by atoms with van der Waals surface area (Å²) in [5.41, 5.74) is 3.13. The van der Waals surface area contributed by atoms with Crippen molar-refractivity contribution in [3.8, 4) is 0 Å². The van der Waals surface area contributed by atoms with Gasteiger partial charge in [0.2, 0.25) is 0 Å². The van der Waals surface area contributed by atoms with E-state index in [1.165, 1.54) is 5.56 Å². The van der Waals surface area contributed by atoms with E-state index in [-0.39, 0.29) is 11.9 Å². The molecule has 1 aromatic carbocycles. The molecule has 18 heavy (non-hydrogen) atoms. The van der Waals surface area contributed by atoms with Gasteiger partial charge in [-0.3, -0.25) is 4.79 Å². The summed E-state index contributed by atoms with van der Waals surface area (Å²) in [4.78, 5) is 12.1. The van der Waals surface area contributed by atoms with E-state index in [9.17, 15) is 4.79 Å². The average Bonchev–Trinajstić information content (AvgIpc) is 2.35. The Morgan fingerprint density at radius 1 is 1.17 bits per heavy atom. The van der Waals surface area contributed by atoms with E-state index in [0.717, 1.165) is 36.8 Å². The second-order valence-corrected chi connectivity index (χ2v) is 5.84. The van der Waals surface area contributed by atoms with Crippen molar-refractivity contribution in [3.63, 3.8) is 0 Å². The maximum absolute atomic E-state index is 12.1. The van der Waals surface area contributed by atoms with Crippen LogP contribution in [0.2, 0.25) is 0 Å². The summed E-state index contributed by atoms with van der Waals surface area (Å²) < 4.78 is 0. The summed E-state index contributed by atoms with van der Waals surface area (Å²) in [5.74, 6) is 0.0381. The molecule has 0 heterocycles. The Hall–Kier alpha value is -1.02. The Labute approximate surface area is 114 Å². The van der Waals surface area contributed by atoms with Crippen LogP contribution in [0.3, 0.4) is 0 Å². The molecule has 1 aromatic rings. The number of hydrogen-bond donors (Lipinski definition) is 1. The molecule has 1 amide bonds. The standard InChI is InChI=1S/C15H20ClNO/c1-10-3-4-12(9-11(10)2)15(18)17-14-7-5-13(16)6-8-14/h3-4,9,13-14H,5-8H2,1-2H3,(H,17,18). The Bertz CT molecular complexity index is 436. The molecule has 0 saturated heterocycles. The number of amides is 1. The quantitative estimate of drug-likeness (QED) is 0.814. The third-order valence-electron chi connectivity index (χ3n) is 3.76. The molecule has 0 bridgehead atoms. The summed E-state index contributed by atoms with van der Waals surface area (Å²) >= 11 is 6.06. The molecule has 2 rings (SSSR count). The molecule has 1 aliphatic carbocycles. The summed E-state index contributed by atoms with van der Waals surface area (Å²) in [6.07, 6.45) is 3.98. The highest BCUT2D eigenvalue weighted by Gasteiger charge is 2.21. The van der Waals surface area contributed by atoms with E-state index in [1.54, 1.807) is 0 Å². The largest absolute Gasteiger partial charge is 0.349 e. The van der Waals surface area contributed by atoms with Gasteiger partial charge in [-0.25, -0.2) is 0 Å². The van der Waals surface area contributed by atoms with E-state index in [4.69, 9.17) is 11.6 Å². The van der Waals surface area contributed by atoms with Gasteiger partial charge in [0.05, 0.1) is 0 Å². The molecule has 1 aliphatic rings. The number of rotatable bonds is 2. The lowest BCUT2D eigenvalue weighted by Crippen LogP contribution is -2.37. The zero-order valence-electron chi connectivity index (χ0n) is 11.0. The number of benzene rings is 1. The first kappa shape index (κ1) is 13.4. The van der Waals surface area contributed by atoms with Crippen molar-refractivity contribution in [1.29, 1.82) is 0 Å². The molecule has 1 saturated carbocycles. The minimum atomic E-state index is 0.0381. The summed E-state index contributed by atoms with van der Waals surface area (Å²) in [6.45, 7) is 4.09. The van der Waals surface area contributed by atoms with Gasteiger partial charge in [-0.1, -0.05) is 6.07 Å². The normalized spacial score (nSPS) is 23.7. The van der Waals surface area contributed by atoms with Gasteiger partial charge in [0.1, 0.15) is 0 Å². The third kappa shape index (κ3) is 3.26. The van der Waals surface area contributed by atoms with Crippen molar-refractivity contribution >= 4 is 17.5 Å². The SMILES string of the molecule is Cc1ccc(C(=O)NC2CCC(Cl)CC2)cc1C. The molecule has 0 spiro atoms. The van der Waals surface area contributed by atoms with Crippen LogP contribution in [0.25, 0.3) is 0 Å². The molecule has 98 valence electrons. The van der Waals surface area contributed by atoms with Crippen LogP contribution in [-0.4, -0.2) is 17.3 Å². The molecule has 1 fully saturated rings. The minimum Gasteiger partial charge on any atom is -0.349 e. The number of hydrogen-bond acceptors (Lipinski definition) is 1. The van der Waals surface area contributed by atoms with Crippen LogP contribution in [0.1, 0.15) is 47.2 Å². The van der Waals surface area contributed by atoms with Crippen molar-refractivity contribution in [1.82, 2.24) is 5.32 Å². The van der Waals surface area contributed by atoms with E-state index < -0.39 is 0 Å². The molecule has 0 atom stereocenters. The first-order valence-corrected chi connectivity index (χ1v) is 7.02. The van der Waals surface area contributed by atoms with Gasteiger partial charge in [0, 0.05) is 17.0 Å². The van der Waals surface area contributed by atoms with Gasteiger partial charge in [-0.2, -0.15) is 0 Å². The first-order valence-electron chi connectivity index (χ1n) is 6.58. The smallest absolute Gasteiger partial charge is 0.251 e. The monoisotopic (exact) mass is 265 g/mol. The highest BCUT2D eigenvalue weighted by Crippen LogP contribution is 2.23. The van der Waals surface area contributed by atoms with Crippen LogP contribution < -0.4 is 5.32 Å². The second-order valence-electron chi connectivity index (χ2n) is 5.22. The Morgan fingerprint density at radius 3 is 2.44 bits per heavy atom. The molecule has 0 unspecified atom stereocenters. The molecule has 2 nitrogen and oxygen atoms in total. The maximum Gasteiger partial charge on any atom is 0.251 e. The number of aryl methyl sites for hydroxylation is 2. The predicted molar refractivity (Wildman–Crippen MR) is 75.3 cm³/mol. The van der Waals surface area contributed by atoms with Crippen molar-refractivity contribution in [2.24, 2.45) is 0 Å². The highest BCUT2D eigenvalue weighted by molar-refractivity contribution is 6.20. The van der Waals surface area contributed by atoms with Crippen molar-refractivity contribution in [2.45, 2.75) is 50.9 Å². The highest BCUT2D eigenvalue weighted by atomic mass is 35.5. The molecule has 0 aromatic heterocycles. The fourth-order valence-electron chi connectivity index (χ4n) is 2.35. The molecule has 0 radical (unpaired) electrons. The molecular formula is C15H20ClNO. The summed E-state index contributed by atoms with van der Waals surface area (Å²) in [5, 5.41) is 3.40. The summed E-state index contributed by atoms with van der Waals surface area (Å²) in [7, 11) is 0. The first-order chi connectivity index (χ1) is 8.56. The zero-order valence-corrected chi connectivity index (χ0v) is 11.8. The van der Waals surface area contributed by atoms with Gasteiger partial charge in [0.15, 0.2) is 0 Å². The van der Waals surface area contributed by atoms with Crippen LogP contribution in [-0.2, 0) is 0 Å². The lowest BCUT2D eigenvalue weighted by Gasteiger charge is -2.25. The lowest BCUT2D eigenvalue weighted by molar-refractivity contribution is 0.0928. The van der Waals surface area contributed by atoms with Gasteiger partial charge in [-0.15, -0.1) is 11.6 Å². The molecular weight excluding hydrogens is 246 g/mol. The Morgan fingerprint density at radius 2 is 1.83 bits per heavy atom. The number of carbonyl (C=O) groups excluding carboxylic acids is 1. The van der Waals surface area contributed by atoms with Crippen molar-refractivity contribution in [3.05, 3.63) is 34.9 Å². The average molecular weight is 266 g/mol. The van der Waals surface area contributed by atoms with Gasteiger partial charge in [-0.05, 0) is 62.8 Å². The number of carbonyl (C=O) groups is 1. The van der Waals surface area contributed by atoms with E-state index >= 15 is 0 Å². The molecule has 0 aliphatic heterocycles. The fraction of sp³-hybridized carbons (Fsp3) is 0.533. The van der Waals surface area contributed by atoms with Crippen molar-refractivity contribution < 1.29 is 4.79 Å². The lowest BCUT2D eigenvalue weighted by atomic mass is 9.94. The maximum atomic E-state index is 12.1. The summed E-state index contributed by atoms with van der Waals surface area (Å²) in [6, 6.07) is 6.14. The van der Waals surface area contributed by atoms with Gasteiger partial charge < -0.3 is 5.32 Å². The Balaban J connectivity index is 1.97. The number of alkyl halides is 1. The van der Waals surface area contributed by atoms with E-state index in [1.807, 2.05) is 25.1 Å². The van der Waals surface area contributed by atoms with Crippen molar-refractivity contribution in [2.75, 3.05) is 0 Å². The third-order valence-corrected chi connectivity index (χ3v) is 4.20. The molecule has 1 N–H and O–H groups in total. The van der Waals surface area contributed by atoms with Gasteiger partial charge in [0.25, 0.3) is 5.91 Å². The number of halogens is 1. The molecule has 3 heteroatoms. The minimum absolute atomic E-state index is 0.0381. The van der Waals surface area contributed by atoms with E-state index in [2.05, 4.69) is 12.2 Å². The van der Waals surface area contributed by atoms with Crippen LogP contribution in [0.5, 0.6) is 0 Å². The predicted octanol–water partition coefficient (Wildman–Crippen LogP) is 3.58.